The molecule has 1 spiro atoms. The lowest BCUT2D eigenvalue weighted by Gasteiger charge is -2.46. The summed E-state index contributed by atoms with van der Waals surface area (Å²) in [6.07, 6.45) is 8.48. The minimum Gasteiger partial charge on any atom is -0.354 e. The van der Waals surface area contributed by atoms with Crippen LogP contribution in [0.2, 0.25) is 0 Å². The van der Waals surface area contributed by atoms with Gasteiger partial charge in [0.25, 0.3) is 0 Å². The lowest BCUT2D eigenvalue weighted by molar-refractivity contribution is 0.285. The second kappa shape index (κ2) is 5.57. The Morgan fingerprint density at radius 3 is 2.68 bits per heavy atom. The van der Waals surface area contributed by atoms with Crippen LogP contribution >= 0.6 is 11.3 Å². The van der Waals surface area contributed by atoms with Gasteiger partial charge in [0.2, 0.25) is 0 Å². The van der Waals surface area contributed by atoms with Crippen molar-refractivity contribution in [2.75, 3.05) is 4.90 Å². The molecule has 0 saturated heterocycles. The van der Waals surface area contributed by atoms with Crippen molar-refractivity contribution >= 4 is 27.2 Å². The highest BCUT2D eigenvalue weighted by Gasteiger charge is 2.51. The molecule has 2 nitrogen and oxygen atoms in total. The van der Waals surface area contributed by atoms with Gasteiger partial charge >= 0.3 is 0 Å². The molecule has 25 heavy (non-hydrogen) atoms. The fourth-order valence-corrected chi connectivity index (χ4v) is 6.51. The predicted octanol–water partition coefficient (Wildman–Crippen LogP) is 6.35. The average Bonchev–Trinajstić information content (AvgIpc) is 3.13. The lowest BCUT2D eigenvalue weighted by atomic mass is 9.76. The van der Waals surface area contributed by atoms with Gasteiger partial charge in [-0.3, -0.25) is 0 Å². The lowest BCUT2D eigenvalue weighted by Crippen LogP contribution is -2.44. The van der Waals surface area contributed by atoms with Crippen LogP contribution in [0.1, 0.15) is 61.1 Å². The zero-order chi connectivity index (χ0) is 17.0. The molecule has 1 unspecified atom stereocenters. The van der Waals surface area contributed by atoms with E-state index in [4.69, 9.17) is 0 Å². The molecule has 1 atom stereocenters. The number of pyridine rings is 1. The second-order valence-corrected chi connectivity index (χ2v) is 8.65. The van der Waals surface area contributed by atoms with Crippen LogP contribution in [0.25, 0.3) is 10.2 Å². The van der Waals surface area contributed by atoms with E-state index in [1.807, 2.05) is 17.5 Å². The monoisotopic (exact) mass is 348 g/mol. The van der Waals surface area contributed by atoms with Gasteiger partial charge in [-0.2, -0.15) is 0 Å². The summed E-state index contributed by atoms with van der Waals surface area (Å²) in [5.41, 5.74) is 4.55. The highest BCUT2D eigenvalue weighted by molar-refractivity contribution is 7.19. The highest BCUT2D eigenvalue weighted by atomic mass is 32.1. The van der Waals surface area contributed by atoms with Crippen molar-refractivity contribution in [3.05, 3.63) is 58.6 Å². The number of aromatic nitrogens is 1. The molecule has 1 saturated carbocycles. The van der Waals surface area contributed by atoms with Gasteiger partial charge in [0.05, 0.1) is 11.6 Å². The van der Waals surface area contributed by atoms with E-state index in [2.05, 4.69) is 60.1 Å². The fraction of sp³-hybridized carbons (Fsp3) is 0.409. The number of thiophene rings is 1. The van der Waals surface area contributed by atoms with Crippen molar-refractivity contribution in [3.8, 4) is 0 Å². The standard InChI is InChI=1S/C22H24N2S/c1-15-9-4-5-11-18(15)24-16(2)20-19(22(24)12-6-3-7-13-22)17-10-8-14-23-21(17)25-20/h4-5,8-11,14,16H,3,6-7,12-13H2,1-2H3. The Labute approximate surface area is 153 Å². The number of aryl methyl sites for hydroxylation is 1. The minimum absolute atomic E-state index is 0.153. The summed E-state index contributed by atoms with van der Waals surface area (Å²) in [6.45, 7) is 4.65. The Hall–Kier alpha value is -1.87. The van der Waals surface area contributed by atoms with E-state index in [0.29, 0.717) is 6.04 Å². The Kier molecular flexibility index (Phi) is 3.43. The molecule has 0 amide bonds. The minimum atomic E-state index is 0.153. The van der Waals surface area contributed by atoms with Crippen LogP contribution in [0.15, 0.2) is 42.6 Å². The molecule has 1 aliphatic carbocycles. The third kappa shape index (κ3) is 2.05. The topological polar surface area (TPSA) is 16.1 Å². The summed E-state index contributed by atoms with van der Waals surface area (Å²) in [7, 11) is 0. The Balaban J connectivity index is 1.79. The van der Waals surface area contributed by atoms with Crippen LogP contribution in [-0.4, -0.2) is 4.98 Å². The summed E-state index contributed by atoms with van der Waals surface area (Å²) in [5, 5.41) is 1.40. The van der Waals surface area contributed by atoms with Gasteiger partial charge in [-0.15, -0.1) is 11.3 Å². The zero-order valence-corrected chi connectivity index (χ0v) is 15.8. The van der Waals surface area contributed by atoms with E-state index in [-0.39, 0.29) is 5.54 Å². The number of rotatable bonds is 1. The molecule has 5 rings (SSSR count). The third-order valence-corrected chi connectivity index (χ3v) is 7.53. The number of fused-ring (bicyclic) bond motifs is 4. The molecular formula is C22H24N2S. The van der Waals surface area contributed by atoms with Gasteiger partial charge in [-0.25, -0.2) is 4.98 Å². The number of anilines is 1. The van der Waals surface area contributed by atoms with Crippen molar-refractivity contribution < 1.29 is 0 Å². The zero-order valence-electron chi connectivity index (χ0n) is 15.0. The molecule has 1 aliphatic heterocycles. The van der Waals surface area contributed by atoms with Crippen molar-refractivity contribution in [1.82, 2.24) is 4.98 Å². The maximum atomic E-state index is 4.67. The van der Waals surface area contributed by atoms with E-state index in [1.165, 1.54) is 53.6 Å². The maximum Gasteiger partial charge on any atom is 0.123 e. The highest BCUT2D eigenvalue weighted by Crippen LogP contribution is 2.59. The summed E-state index contributed by atoms with van der Waals surface area (Å²) in [6, 6.07) is 13.7. The first-order chi connectivity index (χ1) is 12.2. The predicted molar refractivity (Wildman–Crippen MR) is 106 cm³/mol. The summed E-state index contributed by atoms with van der Waals surface area (Å²) in [5.74, 6) is 0. The number of nitrogens with zero attached hydrogens (tertiary/aromatic N) is 2. The van der Waals surface area contributed by atoms with Gasteiger partial charge < -0.3 is 4.90 Å². The molecule has 128 valence electrons. The number of benzene rings is 1. The Morgan fingerprint density at radius 2 is 1.88 bits per heavy atom. The van der Waals surface area contributed by atoms with E-state index in [1.54, 1.807) is 10.4 Å². The Morgan fingerprint density at radius 1 is 1.08 bits per heavy atom. The van der Waals surface area contributed by atoms with Crippen molar-refractivity contribution in [2.45, 2.75) is 57.5 Å². The molecule has 3 aromatic rings. The molecule has 0 N–H and O–H groups in total. The van der Waals surface area contributed by atoms with Gasteiger partial charge in [0, 0.05) is 27.7 Å². The largest absolute Gasteiger partial charge is 0.354 e. The van der Waals surface area contributed by atoms with Gasteiger partial charge in [0.1, 0.15) is 4.83 Å². The SMILES string of the molecule is Cc1ccccc1N1C(C)c2sc3ncccc3c2C12CCCCC2. The van der Waals surface area contributed by atoms with Gasteiger partial charge in [-0.1, -0.05) is 43.5 Å². The molecular weight excluding hydrogens is 324 g/mol. The smallest absolute Gasteiger partial charge is 0.123 e. The molecule has 2 aromatic heterocycles. The second-order valence-electron chi connectivity index (χ2n) is 7.62. The molecule has 3 heterocycles. The van der Waals surface area contributed by atoms with Gasteiger partial charge in [-0.05, 0) is 44.4 Å². The normalized spacial score (nSPS) is 21.8. The van der Waals surface area contributed by atoms with E-state index < -0.39 is 0 Å². The van der Waals surface area contributed by atoms with Crippen LogP contribution < -0.4 is 4.90 Å². The molecule has 0 radical (unpaired) electrons. The first-order valence-electron chi connectivity index (χ1n) is 9.45. The first kappa shape index (κ1) is 15.4. The first-order valence-corrected chi connectivity index (χ1v) is 10.3. The van der Waals surface area contributed by atoms with Crippen LogP contribution in [0.5, 0.6) is 0 Å². The number of para-hydroxylation sites is 1. The molecule has 2 aliphatic rings. The van der Waals surface area contributed by atoms with Crippen LogP contribution in [0, 0.1) is 6.92 Å². The summed E-state index contributed by atoms with van der Waals surface area (Å²) in [4.78, 5) is 10.2. The van der Waals surface area contributed by atoms with Crippen LogP contribution in [0.4, 0.5) is 5.69 Å². The quantitative estimate of drug-likeness (QED) is 0.510. The number of hydrogen-bond donors (Lipinski definition) is 0. The molecule has 1 fully saturated rings. The van der Waals surface area contributed by atoms with Crippen molar-refractivity contribution in [3.63, 3.8) is 0 Å². The average molecular weight is 349 g/mol. The van der Waals surface area contributed by atoms with Crippen LogP contribution in [-0.2, 0) is 5.54 Å². The van der Waals surface area contributed by atoms with E-state index in [9.17, 15) is 0 Å². The third-order valence-electron chi connectivity index (χ3n) is 6.24. The number of hydrogen-bond acceptors (Lipinski definition) is 3. The van der Waals surface area contributed by atoms with Crippen molar-refractivity contribution in [1.29, 1.82) is 0 Å². The Bertz CT molecular complexity index is 936. The summed E-state index contributed by atoms with van der Waals surface area (Å²) < 4.78 is 0. The van der Waals surface area contributed by atoms with Gasteiger partial charge in [0.15, 0.2) is 0 Å². The van der Waals surface area contributed by atoms with E-state index >= 15 is 0 Å². The summed E-state index contributed by atoms with van der Waals surface area (Å²) >= 11 is 1.91. The molecule has 1 aromatic carbocycles. The van der Waals surface area contributed by atoms with Crippen molar-refractivity contribution in [2.24, 2.45) is 0 Å². The molecule has 3 heteroatoms. The molecule has 0 bridgehead atoms. The maximum absolute atomic E-state index is 4.67. The fourth-order valence-electron chi connectivity index (χ4n) is 5.23. The van der Waals surface area contributed by atoms with Crippen LogP contribution in [0.3, 0.4) is 0 Å². The van der Waals surface area contributed by atoms with E-state index in [0.717, 1.165) is 0 Å².